The van der Waals surface area contributed by atoms with Gasteiger partial charge in [-0.25, -0.2) is 0 Å². The molecule has 2 heteroatoms. The normalized spacial score (nSPS) is 18.6. The van der Waals surface area contributed by atoms with Crippen molar-refractivity contribution < 1.29 is 0 Å². The van der Waals surface area contributed by atoms with E-state index in [4.69, 9.17) is 17.3 Å². The van der Waals surface area contributed by atoms with E-state index in [0.717, 1.165) is 28.5 Å². The molecule has 0 aromatic heterocycles. The van der Waals surface area contributed by atoms with Gasteiger partial charge in [-0.1, -0.05) is 49.1 Å². The molecule has 1 aromatic rings. The average Bonchev–Trinajstić information content (AvgIpc) is 2.15. The number of aryl methyl sites for hydroxylation is 1. The molecular formula is C13H18ClN. The molecule has 0 radical (unpaired) electrons. The van der Waals surface area contributed by atoms with Crippen LogP contribution in [0.25, 0.3) is 0 Å². The fraction of sp³-hybridized carbons (Fsp3) is 0.538. The van der Waals surface area contributed by atoms with Crippen molar-refractivity contribution in [2.45, 2.75) is 38.6 Å². The second-order valence-electron chi connectivity index (χ2n) is 4.62. The van der Waals surface area contributed by atoms with E-state index >= 15 is 0 Å². The van der Waals surface area contributed by atoms with Crippen molar-refractivity contribution in [3.05, 3.63) is 34.3 Å². The molecule has 1 aliphatic rings. The van der Waals surface area contributed by atoms with Gasteiger partial charge in [-0.15, -0.1) is 0 Å². The van der Waals surface area contributed by atoms with E-state index < -0.39 is 0 Å². The van der Waals surface area contributed by atoms with E-state index in [1.54, 1.807) is 0 Å². The molecule has 0 saturated heterocycles. The summed E-state index contributed by atoms with van der Waals surface area (Å²) >= 11 is 6.25. The Labute approximate surface area is 96.6 Å². The van der Waals surface area contributed by atoms with Crippen LogP contribution in [0.15, 0.2) is 18.2 Å². The van der Waals surface area contributed by atoms with Crippen LogP contribution in [0.2, 0.25) is 5.02 Å². The Balaban J connectivity index is 2.09. The molecule has 0 heterocycles. The van der Waals surface area contributed by atoms with Crippen LogP contribution in [0.3, 0.4) is 0 Å². The van der Waals surface area contributed by atoms with Crippen molar-refractivity contribution in [3.8, 4) is 0 Å². The maximum Gasteiger partial charge on any atom is 0.0482 e. The highest BCUT2D eigenvalue weighted by atomic mass is 35.5. The number of hydrogen-bond donors (Lipinski definition) is 1. The molecule has 0 amide bonds. The van der Waals surface area contributed by atoms with Crippen molar-refractivity contribution in [3.63, 3.8) is 0 Å². The van der Waals surface area contributed by atoms with Gasteiger partial charge in [0.05, 0.1) is 0 Å². The van der Waals surface area contributed by atoms with E-state index in [1.807, 2.05) is 19.1 Å². The minimum Gasteiger partial charge on any atom is -0.324 e. The Morgan fingerprint density at radius 1 is 1.47 bits per heavy atom. The lowest BCUT2D eigenvalue weighted by molar-refractivity contribution is 0.277. The largest absolute Gasteiger partial charge is 0.324 e. The van der Waals surface area contributed by atoms with Gasteiger partial charge in [0, 0.05) is 11.1 Å². The summed E-state index contributed by atoms with van der Waals surface area (Å²) < 4.78 is 0. The van der Waals surface area contributed by atoms with Crippen molar-refractivity contribution in [2.75, 3.05) is 0 Å². The number of rotatable bonds is 3. The zero-order valence-corrected chi connectivity index (χ0v) is 9.93. The topological polar surface area (TPSA) is 26.0 Å². The zero-order valence-electron chi connectivity index (χ0n) is 9.17. The van der Waals surface area contributed by atoms with Crippen LogP contribution in [0.5, 0.6) is 0 Å². The highest BCUT2D eigenvalue weighted by molar-refractivity contribution is 6.32. The van der Waals surface area contributed by atoms with Crippen LogP contribution in [-0.2, 0) is 0 Å². The summed E-state index contributed by atoms with van der Waals surface area (Å²) in [5, 5.41) is 0.851. The summed E-state index contributed by atoms with van der Waals surface area (Å²) in [5.74, 6) is 0.830. The average molecular weight is 224 g/mol. The maximum absolute atomic E-state index is 6.25. The first-order valence-corrected chi connectivity index (χ1v) is 6.07. The molecule has 1 nitrogen and oxygen atoms in total. The monoisotopic (exact) mass is 223 g/mol. The fourth-order valence-electron chi connectivity index (χ4n) is 2.17. The van der Waals surface area contributed by atoms with Gasteiger partial charge in [0.2, 0.25) is 0 Å². The van der Waals surface area contributed by atoms with E-state index in [1.165, 1.54) is 19.3 Å². The van der Waals surface area contributed by atoms with Crippen LogP contribution in [0.1, 0.15) is 42.9 Å². The molecule has 1 fully saturated rings. The van der Waals surface area contributed by atoms with Gasteiger partial charge in [-0.05, 0) is 30.4 Å². The zero-order chi connectivity index (χ0) is 10.8. The summed E-state index contributed by atoms with van der Waals surface area (Å²) in [6, 6.07) is 6.24. The standard InChI is InChI=1S/C13H18ClN/c1-9-4-2-7-11(13(9)14)12(15)8-10-5-3-6-10/h2,4,7,10,12H,3,5-6,8,15H2,1H3. The van der Waals surface area contributed by atoms with E-state index in [0.29, 0.717) is 0 Å². The van der Waals surface area contributed by atoms with E-state index in [2.05, 4.69) is 6.07 Å². The smallest absolute Gasteiger partial charge is 0.0482 e. The third-order valence-electron chi connectivity index (χ3n) is 3.43. The number of benzene rings is 1. The van der Waals surface area contributed by atoms with Crippen molar-refractivity contribution >= 4 is 11.6 Å². The van der Waals surface area contributed by atoms with Crippen molar-refractivity contribution in [1.82, 2.24) is 0 Å². The molecule has 0 aliphatic heterocycles. The van der Waals surface area contributed by atoms with Crippen LogP contribution in [0.4, 0.5) is 0 Å². The summed E-state index contributed by atoms with van der Waals surface area (Å²) in [6.07, 6.45) is 5.15. The predicted molar refractivity (Wildman–Crippen MR) is 65.1 cm³/mol. The summed E-state index contributed by atoms with van der Waals surface area (Å²) in [6.45, 7) is 2.03. The Morgan fingerprint density at radius 3 is 2.80 bits per heavy atom. The highest BCUT2D eigenvalue weighted by Crippen LogP contribution is 2.35. The molecule has 15 heavy (non-hydrogen) atoms. The summed E-state index contributed by atoms with van der Waals surface area (Å²) in [7, 11) is 0. The van der Waals surface area contributed by atoms with Crippen LogP contribution in [0, 0.1) is 12.8 Å². The maximum atomic E-state index is 6.25. The first kappa shape index (κ1) is 11.0. The van der Waals surface area contributed by atoms with Crippen LogP contribution >= 0.6 is 11.6 Å². The molecule has 0 spiro atoms. The first-order valence-electron chi connectivity index (χ1n) is 5.69. The number of halogens is 1. The SMILES string of the molecule is Cc1cccc(C(N)CC2CCC2)c1Cl. The van der Waals surface area contributed by atoms with Gasteiger partial charge < -0.3 is 5.73 Å². The minimum atomic E-state index is 0.114. The summed E-state index contributed by atoms with van der Waals surface area (Å²) in [5.41, 5.74) is 8.43. The second kappa shape index (κ2) is 4.54. The Morgan fingerprint density at radius 2 is 2.20 bits per heavy atom. The van der Waals surface area contributed by atoms with Gasteiger partial charge in [0.1, 0.15) is 0 Å². The molecule has 1 saturated carbocycles. The van der Waals surface area contributed by atoms with E-state index in [9.17, 15) is 0 Å². The third-order valence-corrected chi connectivity index (χ3v) is 3.95. The van der Waals surface area contributed by atoms with Gasteiger partial charge in [0.25, 0.3) is 0 Å². The van der Waals surface area contributed by atoms with Crippen molar-refractivity contribution in [1.29, 1.82) is 0 Å². The Bertz CT molecular complexity index is 344. The lowest BCUT2D eigenvalue weighted by Gasteiger charge is -2.28. The summed E-state index contributed by atoms with van der Waals surface area (Å²) in [4.78, 5) is 0. The predicted octanol–water partition coefficient (Wildman–Crippen LogP) is 3.84. The Hall–Kier alpha value is -0.530. The molecule has 1 aliphatic carbocycles. The quantitative estimate of drug-likeness (QED) is 0.828. The fourth-order valence-corrected chi connectivity index (χ4v) is 2.44. The molecule has 1 unspecified atom stereocenters. The van der Waals surface area contributed by atoms with E-state index in [-0.39, 0.29) is 6.04 Å². The molecule has 2 rings (SSSR count). The van der Waals surface area contributed by atoms with Gasteiger partial charge in [-0.2, -0.15) is 0 Å². The van der Waals surface area contributed by atoms with Gasteiger partial charge >= 0.3 is 0 Å². The lowest BCUT2D eigenvalue weighted by atomic mass is 9.80. The van der Waals surface area contributed by atoms with Crippen LogP contribution in [-0.4, -0.2) is 0 Å². The first-order chi connectivity index (χ1) is 7.18. The minimum absolute atomic E-state index is 0.114. The molecular weight excluding hydrogens is 206 g/mol. The number of nitrogens with two attached hydrogens (primary N) is 1. The lowest BCUT2D eigenvalue weighted by Crippen LogP contribution is -2.20. The molecule has 1 atom stereocenters. The van der Waals surface area contributed by atoms with Crippen LogP contribution < -0.4 is 5.73 Å². The molecule has 1 aromatic carbocycles. The third kappa shape index (κ3) is 2.35. The number of hydrogen-bond acceptors (Lipinski definition) is 1. The second-order valence-corrected chi connectivity index (χ2v) is 5.00. The van der Waals surface area contributed by atoms with Gasteiger partial charge in [-0.3, -0.25) is 0 Å². The highest BCUT2D eigenvalue weighted by Gasteiger charge is 2.22. The van der Waals surface area contributed by atoms with Gasteiger partial charge in [0.15, 0.2) is 0 Å². The molecule has 2 N–H and O–H groups in total. The Kier molecular flexibility index (Phi) is 3.32. The molecule has 82 valence electrons. The molecule has 0 bridgehead atoms. The van der Waals surface area contributed by atoms with Crippen molar-refractivity contribution in [2.24, 2.45) is 11.7 Å².